The fraction of sp³-hybridized carbons (Fsp3) is 0.143. The molecule has 1 heterocycles. The van der Waals surface area contributed by atoms with Crippen LogP contribution in [-0.4, -0.2) is 16.2 Å². The number of pyridine rings is 1. The van der Waals surface area contributed by atoms with Gasteiger partial charge in [-0.2, -0.15) is 0 Å². The van der Waals surface area contributed by atoms with Crippen LogP contribution >= 0.6 is 11.6 Å². The van der Waals surface area contributed by atoms with E-state index in [1.54, 1.807) is 0 Å². The van der Waals surface area contributed by atoms with Gasteiger partial charge in [0.05, 0.1) is 5.56 Å². The van der Waals surface area contributed by atoms with Gasteiger partial charge in [0.15, 0.2) is 6.29 Å². The number of hydrogen-bond donors (Lipinski definition) is 0. The van der Waals surface area contributed by atoms with E-state index in [4.69, 9.17) is 11.6 Å². The normalized spacial score (nSPS) is 10.4. The Kier molecular flexibility index (Phi) is 3.25. The lowest BCUT2D eigenvalue weighted by Gasteiger charge is -2.01. The van der Waals surface area contributed by atoms with Crippen LogP contribution in [0.1, 0.15) is 22.3 Å². The molecule has 0 spiro atoms. The molecule has 0 saturated carbocycles. The molecule has 1 aromatic rings. The van der Waals surface area contributed by atoms with Gasteiger partial charge < -0.3 is 10.1 Å². The van der Waals surface area contributed by atoms with Crippen LogP contribution in [0.5, 0.6) is 0 Å². The molecule has 0 aliphatic heterocycles. The number of carbonyl (C=O) groups is 1. The number of hydrogen-bond acceptors (Lipinski definition) is 4. The minimum absolute atomic E-state index is 0.0767. The van der Waals surface area contributed by atoms with Crippen molar-refractivity contribution >= 4 is 23.7 Å². The van der Waals surface area contributed by atoms with Crippen molar-refractivity contribution in [3.05, 3.63) is 32.5 Å². The molecule has 0 aliphatic carbocycles. The molecule has 0 aliphatic rings. The third-order valence-corrected chi connectivity index (χ3v) is 1.85. The number of aldehydes is 1. The number of halogens is 3. The Balaban J connectivity index is 3.42. The summed E-state index contributed by atoms with van der Waals surface area (Å²) in [6.45, 7) is 0. The third kappa shape index (κ3) is 2.24. The van der Waals surface area contributed by atoms with Gasteiger partial charge in [-0.3, -0.25) is 4.79 Å². The molecule has 8 heteroatoms. The van der Waals surface area contributed by atoms with Crippen LogP contribution in [0.25, 0.3) is 0 Å². The second kappa shape index (κ2) is 4.26. The van der Waals surface area contributed by atoms with Gasteiger partial charge in [-0.25, -0.2) is 8.78 Å². The Bertz CT molecular complexity index is 425. The zero-order valence-corrected chi connectivity index (χ0v) is 7.74. The van der Waals surface area contributed by atoms with Gasteiger partial charge >= 0.3 is 5.82 Å². The molecule has 0 atom stereocenters. The van der Waals surface area contributed by atoms with Crippen molar-refractivity contribution in [1.82, 2.24) is 4.98 Å². The second-order valence-corrected chi connectivity index (χ2v) is 2.81. The van der Waals surface area contributed by atoms with Crippen LogP contribution in [0, 0.1) is 10.1 Å². The lowest BCUT2D eigenvalue weighted by Crippen LogP contribution is -2.01. The largest absolute Gasteiger partial charge is 0.375 e. The molecule has 5 nitrogen and oxygen atoms in total. The minimum atomic E-state index is -2.94. The van der Waals surface area contributed by atoms with Gasteiger partial charge in [0, 0.05) is 0 Å². The summed E-state index contributed by atoms with van der Waals surface area (Å²) in [4.78, 5) is 22.9. The van der Waals surface area contributed by atoms with E-state index in [-0.39, 0.29) is 6.29 Å². The molecule has 0 N–H and O–H groups in total. The van der Waals surface area contributed by atoms with E-state index in [0.29, 0.717) is 6.07 Å². The van der Waals surface area contributed by atoms with E-state index in [9.17, 15) is 23.7 Å². The molecule has 1 rings (SSSR count). The maximum atomic E-state index is 12.3. The number of nitrogens with zero attached hydrogens (tertiary/aromatic N) is 2. The van der Waals surface area contributed by atoms with Gasteiger partial charge in [-0.15, -0.1) is 0 Å². The number of rotatable bonds is 3. The highest BCUT2D eigenvalue weighted by molar-refractivity contribution is 6.30. The first kappa shape index (κ1) is 11.4. The van der Waals surface area contributed by atoms with Gasteiger partial charge in [0.2, 0.25) is 0 Å². The highest BCUT2D eigenvalue weighted by Crippen LogP contribution is 2.29. The highest BCUT2D eigenvalue weighted by atomic mass is 35.5. The summed E-state index contributed by atoms with van der Waals surface area (Å²) in [6, 6.07) is 0.658. The van der Waals surface area contributed by atoms with Crippen molar-refractivity contribution in [2.45, 2.75) is 6.43 Å². The first-order valence-corrected chi connectivity index (χ1v) is 3.93. The van der Waals surface area contributed by atoms with Crippen molar-refractivity contribution in [2.24, 2.45) is 0 Å². The third-order valence-electron chi connectivity index (χ3n) is 1.55. The van der Waals surface area contributed by atoms with E-state index in [1.165, 1.54) is 0 Å². The molecule has 0 fully saturated rings. The quantitative estimate of drug-likeness (QED) is 0.350. The summed E-state index contributed by atoms with van der Waals surface area (Å²) in [6.07, 6.45) is -2.86. The summed E-state index contributed by atoms with van der Waals surface area (Å²) >= 11 is 5.29. The molecule has 1 aromatic heterocycles. The topological polar surface area (TPSA) is 73.1 Å². The van der Waals surface area contributed by atoms with Gasteiger partial charge in [0.1, 0.15) is 5.56 Å². The standard InChI is InChI=1S/C7H3ClF2N2O3/c8-5-4(6(9)10)1-3(2-13)7(11-5)12(14)15/h1-2,6H. The zero-order valence-electron chi connectivity index (χ0n) is 6.99. The maximum absolute atomic E-state index is 12.3. The SMILES string of the molecule is O=Cc1cc(C(F)F)c(Cl)nc1[N+](=O)[O-]. The first-order valence-electron chi connectivity index (χ1n) is 3.55. The van der Waals surface area contributed by atoms with Crippen LogP contribution in [0.2, 0.25) is 5.15 Å². The lowest BCUT2D eigenvalue weighted by molar-refractivity contribution is -0.389. The fourth-order valence-corrected chi connectivity index (χ4v) is 1.12. The minimum Gasteiger partial charge on any atom is -0.358 e. The molecule has 0 saturated heterocycles. The van der Waals surface area contributed by atoms with Crippen LogP contribution in [-0.2, 0) is 0 Å². The van der Waals surface area contributed by atoms with Crippen molar-refractivity contribution < 1.29 is 18.5 Å². The molecular weight excluding hydrogens is 234 g/mol. The van der Waals surface area contributed by atoms with E-state index < -0.39 is 33.4 Å². The Morgan fingerprint density at radius 2 is 2.20 bits per heavy atom. The first-order chi connectivity index (χ1) is 6.97. The van der Waals surface area contributed by atoms with Crippen molar-refractivity contribution in [3.63, 3.8) is 0 Å². The van der Waals surface area contributed by atoms with Crippen LogP contribution in [0.3, 0.4) is 0 Å². The van der Waals surface area contributed by atoms with E-state index in [1.807, 2.05) is 0 Å². The number of nitro groups is 1. The summed E-state index contributed by atoms with van der Waals surface area (Å²) in [7, 11) is 0. The highest BCUT2D eigenvalue weighted by Gasteiger charge is 2.24. The molecule has 15 heavy (non-hydrogen) atoms. The molecule has 0 aromatic carbocycles. The summed E-state index contributed by atoms with van der Waals surface area (Å²) in [5.41, 5.74) is -1.23. The summed E-state index contributed by atoms with van der Waals surface area (Å²) in [5.74, 6) is -0.834. The fourth-order valence-electron chi connectivity index (χ4n) is 0.900. The number of alkyl halides is 2. The van der Waals surface area contributed by atoms with Crippen molar-refractivity contribution in [1.29, 1.82) is 0 Å². The maximum Gasteiger partial charge on any atom is 0.375 e. The van der Waals surface area contributed by atoms with Gasteiger partial charge in [0.25, 0.3) is 11.6 Å². The number of aromatic nitrogens is 1. The zero-order chi connectivity index (χ0) is 11.6. The molecule has 0 radical (unpaired) electrons. The Morgan fingerprint density at radius 1 is 1.60 bits per heavy atom. The summed E-state index contributed by atoms with van der Waals surface area (Å²) in [5, 5.41) is 9.67. The van der Waals surface area contributed by atoms with E-state index >= 15 is 0 Å². The molecule has 0 amide bonds. The smallest absolute Gasteiger partial charge is 0.358 e. The predicted molar refractivity (Wildman–Crippen MR) is 46.2 cm³/mol. The monoisotopic (exact) mass is 236 g/mol. The predicted octanol–water partition coefficient (Wildman–Crippen LogP) is 2.39. The van der Waals surface area contributed by atoms with Gasteiger partial charge in [-0.05, 0) is 27.6 Å². The lowest BCUT2D eigenvalue weighted by atomic mass is 10.2. The van der Waals surface area contributed by atoms with Crippen LogP contribution in [0.4, 0.5) is 14.6 Å². The molecule has 0 unspecified atom stereocenters. The average Bonchev–Trinajstić information content (AvgIpc) is 2.16. The van der Waals surface area contributed by atoms with Crippen molar-refractivity contribution in [2.75, 3.05) is 0 Å². The molecule has 0 bridgehead atoms. The molecular formula is C7H3ClF2N2O3. The van der Waals surface area contributed by atoms with Crippen LogP contribution < -0.4 is 0 Å². The number of carbonyl (C=O) groups excluding carboxylic acids is 1. The Hall–Kier alpha value is -1.63. The molecule has 80 valence electrons. The average molecular weight is 237 g/mol. The summed E-state index contributed by atoms with van der Waals surface area (Å²) < 4.78 is 24.5. The Labute approximate surface area is 86.8 Å². The van der Waals surface area contributed by atoms with Gasteiger partial charge in [-0.1, -0.05) is 0 Å². The van der Waals surface area contributed by atoms with Crippen LogP contribution in [0.15, 0.2) is 6.07 Å². The Morgan fingerprint density at radius 3 is 2.60 bits per heavy atom. The second-order valence-electron chi connectivity index (χ2n) is 2.46. The van der Waals surface area contributed by atoms with E-state index in [0.717, 1.165) is 0 Å². The van der Waals surface area contributed by atoms with Crippen molar-refractivity contribution in [3.8, 4) is 0 Å². The van der Waals surface area contributed by atoms with E-state index in [2.05, 4.69) is 4.98 Å².